The van der Waals surface area contributed by atoms with Gasteiger partial charge in [-0.25, -0.2) is 18.3 Å². The Kier molecular flexibility index (Phi) is 5.87. The van der Waals surface area contributed by atoms with Crippen molar-refractivity contribution in [3.05, 3.63) is 115 Å². The zero-order chi connectivity index (χ0) is 24.5. The molecule has 176 valence electrons. The topological polar surface area (TPSA) is 87.2 Å². The van der Waals surface area contributed by atoms with Gasteiger partial charge >= 0.3 is 6.03 Å². The summed E-state index contributed by atoms with van der Waals surface area (Å²) in [6, 6.07) is 15.0. The molecule has 1 saturated heterocycles. The monoisotopic (exact) mass is 492 g/mol. The van der Waals surface area contributed by atoms with Crippen molar-refractivity contribution >= 4 is 29.4 Å². The standard InChI is InChI=1S/C25H18F2N4O3S/c26-16-9-8-15(20(27)11-16)14-30-24(33)22(28-25(30)34)13-19-21(12-18-7-4-10-35-18)29-31(23(19)32)17-5-2-1-3-6-17/h1-11,13,29H,12,14H2,(H,28,34)/b22-13-. The predicted octanol–water partition coefficient (Wildman–Crippen LogP) is 4.19. The van der Waals surface area contributed by atoms with Crippen LogP contribution in [0.2, 0.25) is 0 Å². The minimum atomic E-state index is -0.863. The Morgan fingerprint density at radius 3 is 2.49 bits per heavy atom. The molecule has 0 bridgehead atoms. The van der Waals surface area contributed by atoms with E-state index in [1.165, 1.54) is 28.2 Å². The molecular formula is C25H18F2N4O3S. The summed E-state index contributed by atoms with van der Waals surface area (Å²) in [5.74, 6) is -2.34. The first-order chi connectivity index (χ1) is 16.9. The molecule has 1 aliphatic rings. The number of hydrogen-bond acceptors (Lipinski definition) is 4. The molecule has 3 heterocycles. The van der Waals surface area contributed by atoms with E-state index in [0.29, 0.717) is 23.9 Å². The molecule has 2 aromatic heterocycles. The first-order valence-corrected chi connectivity index (χ1v) is 11.5. The first kappa shape index (κ1) is 22.5. The number of benzene rings is 2. The molecule has 0 atom stereocenters. The van der Waals surface area contributed by atoms with Crippen LogP contribution in [-0.4, -0.2) is 26.6 Å². The Labute approximate surface area is 201 Å². The molecule has 5 rings (SSSR count). The summed E-state index contributed by atoms with van der Waals surface area (Å²) in [5.41, 5.74) is 0.897. The molecule has 0 radical (unpaired) electrons. The summed E-state index contributed by atoms with van der Waals surface area (Å²) in [6.07, 6.45) is 1.75. The molecule has 2 aromatic carbocycles. The van der Waals surface area contributed by atoms with Gasteiger partial charge in [-0.1, -0.05) is 30.3 Å². The van der Waals surface area contributed by atoms with Gasteiger partial charge in [-0.2, -0.15) is 0 Å². The molecule has 7 nitrogen and oxygen atoms in total. The normalized spacial score (nSPS) is 14.7. The van der Waals surface area contributed by atoms with Crippen LogP contribution in [0.1, 0.15) is 21.7 Å². The quantitative estimate of drug-likeness (QED) is 0.313. The second-order valence-corrected chi connectivity index (χ2v) is 8.88. The zero-order valence-corrected chi connectivity index (χ0v) is 18.9. The SMILES string of the molecule is O=C1N/C(=C\c2c(Cc3cccs3)[nH]n(-c3ccccc3)c2=O)C(=O)N1Cc1ccc(F)cc1F. The summed E-state index contributed by atoms with van der Waals surface area (Å²) >= 11 is 1.53. The average Bonchev–Trinajstić information content (AvgIpc) is 3.53. The van der Waals surface area contributed by atoms with E-state index in [4.69, 9.17) is 0 Å². The van der Waals surface area contributed by atoms with Gasteiger partial charge < -0.3 is 5.32 Å². The average molecular weight is 493 g/mol. The van der Waals surface area contributed by atoms with Gasteiger partial charge in [0.15, 0.2) is 0 Å². The highest BCUT2D eigenvalue weighted by Gasteiger charge is 2.34. The third kappa shape index (κ3) is 4.43. The number of H-pyrrole nitrogens is 1. The maximum atomic E-state index is 14.1. The number of halogens is 2. The number of nitrogens with one attached hydrogen (secondary N) is 2. The number of para-hydroxylation sites is 1. The lowest BCUT2D eigenvalue weighted by atomic mass is 10.1. The minimum absolute atomic E-state index is 0.0115. The number of thiophene rings is 1. The molecule has 1 aliphatic heterocycles. The number of urea groups is 1. The maximum Gasteiger partial charge on any atom is 0.329 e. The number of carbonyl (C=O) groups excluding carboxylic acids is 2. The molecular weight excluding hydrogens is 474 g/mol. The van der Waals surface area contributed by atoms with Crippen molar-refractivity contribution in [2.45, 2.75) is 13.0 Å². The Morgan fingerprint density at radius 2 is 1.77 bits per heavy atom. The van der Waals surface area contributed by atoms with Gasteiger partial charge in [0.2, 0.25) is 0 Å². The van der Waals surface area contributed by atoms with Gasteiger partial charge in [-0.15, -0.1) is 11.3 Å². The molecule has 10 heteroatoms. The fraction of sp³-hybridized carbons (Fsp3) is 0.0800. The van der Waals surface area contributed by atoms with Gasteiger partial charge in [0.1, 0.15) is 17.3 Å². The van der Waals surface area contributed by atoms with Gasteiger partial charge in [0.25, 0.3) is 11.5 Å². The van der Waals surface area contributed by atoms with E-state index >= 15 is 0 Å². The number of aromatic nitrogens is 2. The van der Waals surface area contributed by atoms with Crippen molar-refractivity contribution in [1.82, 2.24) is 20.0 Å². The molecule has 0 saturated carbocycles. The highest BCUT2D eigenvalue weighted by molar-refractivity contribution is 7.09. The van der Waals surface area contributed by atoms with Crippen molar-refractivity contribution in [3.8, 4) is 5.69 Å². The van der Waals surface area contributed by atoms with E-state index in [1.54, 1.807) is 24.3 Å². The molecule has 0 unspecified atom stereocenters. The van der Waals surface area contributed by atoms with Crippen LogP contribution in [0, 0.1) is 11.6 Å². The number of hydrogen-bond donors (Lipinski definition) is 2. The summed E-state index contributed by atoms with van der Waals surface area (Å²) in [4.78, 5) is 40.6. The second kappa shape index (κ2) is 9.15. The Bertz CT molecular complexity index is 1510. The Balaban J connectivity index is 1.51. The maximum absolute atomic E-state index is 14.1. The summed E-state index contributed by atoms with van der Waals surface area (Å²) in [7, 11) is 0. The molecule has 0 spiro atoms. The van der Waals surface area contributed by atoms with Crippen molar-refractivity contribution in [3.63, 3.8) is 0 Å². The van der Waals surface area contributed by atoms with Gasteiger partial charge in [-0.05, 0) is 35.7 Å². The highest BCUT2D eigenvalue weighted by Crippen LogP contribution is 2.21. The lowest BCUT2D eigenvalue weighted by Crippen LogP contribution is -2.30. The molecule has 4 aromatic rings. The molecule has 2 N–H and O–H groups in total. The van der Waals surface area contributed by atoms with E-state index in [9.17, 15) is 23.2 Å². The third-order valence-electron chi connectivity index (χ3n) is 5.55. The summed E-state index contributed by atoms with van der Waals surface area (Å²) in [5, 5.41) is 7.49. The van der Waals surface area contributed by atoms with Crippen LogP contribution < -0.4 is 10.9 Å². The smallest absolute Gasteiger partial charge is 0.303 e. The van der Waals surface area contributed by atoms with Crippen molar-refractivity contribution in [2.24, 2.45) is 0 Å². The lowest BCUT2D eigenvalue weighted by Gasteiger charge is -2.12. The zero-order valence-electron chi connectivity index (χ0n) is 18.1. The van der Waals surface area contributed by atoms with Crippen LogP contribution in [0.4, 0.5) is 13.6 Å². The van der Waals surface area contributed by atoms with Crippen LogP contribution in [-0.2, 0) is 17.8 Å². The van der Waals surface area contributed by atoms with Crippen LogP contribution in [0.25, 0.3) is 11.8 Å². The first-order valence-electron chi connectivity index (χ1n) is 10.6. The van der Waals surface area contributed by atoms with Crippen LogP contribution in [0.15, 0.2) is 76.5 Å². The van der Waals surface area contributed by atoms with E-state index in [2.05, 4.69) is 10.4 Å². The number of rotatable bonds is 6. The van der Waals surface area contributed by atoms with Crippen LogP contribution >= 0.6 is 11.3 Å². The third-order valence-corrected chi connectivity index (χ3v) is 6.42. The van der Waals surface area contributed by atoms with Crippen LogP contribution in [0.3, 0.4) is 0 Å². The Hall–Kier alpha value is -4.31. The van der Waals surface area contributed by atoms with Gasteiger partial charge in [0, 0.05) is 22.9 Å². The van der Waals surface area contributed by atoms with Crippen LogP contribution in [0.5, 0.6) is 0 Å². The minimum Gasteiger partial charge on any atom is -0.303 e. The van der Waals surface area contributed by atoms with E-state index in [-0.39, 0.29) is 28.9 Å². The van der Waals surface area contributed by atoms with Gasteiger partial charge in [-0.3, -0.25) is 19.6 Å². The Morgan fingerprint density at radius 1 is 0.971 bits per heavy atom. The van der Waals surface area contributed by atoms with E-state index < -0.39 is 23.6 Å². The number of aromatic amines is 1. The second-order valence-electron chi connectivity index (χ2n) is 7.85. The van der Waals surface area contributed by atoms with E-state index in [0.717, 1.165) is 15.8 Å². The van der Waals surface area contributed by atoms with Crippen molar-refractivity contribution < 1.29 is 18.4 Å². The van der Waals surface area contributed by atoms with Crippen molar-refractivity contribution in [2.75, 3.05) is 0 Å². The van der Waals surface area contributed by atoms with Gasteiger partial charge in [0.05, 0.1) is 23.5 Å². The largest absolute Gasteiger partial charge is 0.329 e. The molecule has 3 amide bonds. The number of carbonyl (C=O) groups is 2. The number of amides is 3. The molecule has 0 aliphatic carbocycles. The molecule has 35 heavy (non-hydrogen) atoms. The number of nitrogens with zero attached hydrogens (tertiary/aromatic N) is 2. The fourth-order valence-corrected chi connectivity index (χ4v) is 4.52. The fourth-order valence-electron chi connectivity index (χ4n) is 3.81. The number of imide groups is 1. The summed E-state index contributed by atoms with van der Waals surface area (Å²) < 4.78 is 28.7. The lowest BCUT2D eigenvalue weighted by molar-refractivity contribution is -0.123. The summed E-state index contributed by atoms with van der Waals surface area (Å²) in [6.45, 7) is -0.377. The predicted molar refractivity (Wildman–Crippen MR) is 127 cm³/mol. The molecule has 1 fully saturated rings. The highest BCUT2D eigenvalue weighted by atomic mass is 32.1. The van der Waals surface area contributed by atoms with E-state index in [1.807, 2.05) is 23.6 Å². The van der Waals surface area contributed by atoms with Crippen molar-refractivity contribution in [1.29, 1.82) is 0 Å².